The molecule has 1 N–H and O–H groups in total. The summed E-state index contributed by atoms with van der Waals surface area (Å²) in [4.78, 5) is 38.2. The van der Waals surface area contributed by atoms with Gasteiger partial charge in [-0.1, -0.05) is 15.9 Å². The average Bonchev–Trinajstić information content (AvgIpc) is 2.60. The third-order valence-corrected chi connectivity index (χ3v) is 4.34. The molecule has 2 heterocycles. The first-order valence-electron chi connectivity index (χ1n) is 7.98. The largest absolute Gasteiger partial charge is 0.361 e. The van der Waals surface area contributed by atoms with E-state index < -0.39 is 5.91 Å². The van der Waals surface area contributed by atoms with Crippen molar-refractivity contribution in [3.8, 4) is 0 Å². The summed E-state index contributed by atoms with van der Waals surface area (Å²) >= 11 is 3.40. The molecule has 140 valence electrons. The summed E-state index contributed by atoms with van der Waals surface area (Å²) in [6.45, 7) is -0.282. The molecule has 0 aliphatic rings. The van der Waals surface area contributed by atoms with Crippen molar-refractivity contribution in [3.63, 3.8) is 0 Å². The molecule has 2 aromatic heterocycles. The molecule has 9 nitrogen and oxygen atoms in total. The Labute approximate surface area is 162 Å². The Morgan fingerprint density at radius 2 is 1.89 bits per heavy atom. The Bertz CT molecular complexity index is 1150. The number of nitrogens with zero attached hydrogens (tertiary/aromatic N) is 5. The predicted molar refractivity (Wildman–Crippen MR) is 106 cm³/mol. The van der Waals surface area contributed by atoms with Crippen molar-refractivity contribution in [2.24, 2.45) is 7.05 Å². The van der Waals surface area contributed by atoms with Crippen LogP contribution in [0, 0.1) is 0 Å². The van der Waals surface area contributed by atoms with Crippen molar-refractivity contribution in [3.05, 3.63) is 55.5 Å². The maximum Gasteiger partial charge on any atom is 0.275 e. The number of benzene rings is 1. The second-order valence-corrected chi connectivity index (χ2v) is 7.02. The molecule has 0 bridgehead atoms. The molecule has 0 unspecified atom stereocenters. The summed E-state index contributed by atoms with van der Waals surface area (Å²) < 4.78 is 3.05. The zero-order valence-corrected chi connectivity index (χ0v) is 16.5. The van der Waals surface area contributed by atoms with Gasteiger partial charge < -0.3 is 10.2 Å². The van der Waals surface area contributed by atoms with Gasteiger partial charge in [0.15, 0.2) is 11.6 Å². The van der Waals surface area contributed by atoms with Crippen LogP contribution in [0.3, 0.4) is 0 Å². The molecule has 1 amide bonds. The summed E-state index contributed by atoms with van der Waals surface area (Å²) in [5.74, 6) is 0.309. The Hall–Kier alpha value is -3.01. The highest BCUT2D eigenvalue weighted by Crippen LogP contribution is 2.24. The monoisotopic (exact) mass is 432 g/mol. The summed E-state index contributed by atoms with van der Waals surface area (Å²) in [6, 6.07) is 7.98. The molecule has 0 aliphatic carbocycles. The zero-order chi connectivity index (χ0) is 19.7. The van der Waals surface area contributed by atoms with Gasteiger partial charge in [0.25, 0.3) is 11.1 Å². The van der Waals surface area contributed by atoms with Gasteiger partial charge >= 0.3 is 0 Å². The number of hydrogen-bond acceptors (Lipinski definition) is 6. The molecule has 0 fully saturated rings. The predicted octanol–water partition coefficient (Wildman–Crippen LogP) is 0.957. The summed E-state index contributed by atoms with van der Waals surface area (Å²) in [6.07, 6.45) is 0. The molecule has 0 saturated carbocycles. The first-order valence-corrected chi connectivity index (χ1v) is 8.77. The van der Waals surface area contributed by atoms with E-state index in [1.807, 2.05) is 20.2 Å². The van der Waals surface area contributed by atoms with Crippen molar-refractivity contribution in [2.45, 2.75) is 6.54 Å². The van der Waals surface area contributed by atoms with Gasteiger partial charge in [-0.25, -0.2) is 9.36 Å². The van der Waals surface area contributed by atoms with E-state index in [4.69, 9.17) is 0 Å². The number of nitrogens with one attached hydrogen (secondary N) is 1. The number of rotatable bonds is 4. The van der Waals surface area contributed by atoms with Crippen LogP contribution in [0.15, 0.2) is 44.4 Å². The molecular formula is C17H17BrN6O3. The van der Waals surface area contributed by atoms with E-state index in [2.05, 4.69) is 31.4 Å². The topological polar surface area (TPSA) is 102 Å². The highest BCUT2D eigenvalue weighted by molar-refractivity contribution is 9.10. The van der Waals surface area contributed by atoms with Crippen molar-refractivity contribution in [2.75, 3.05) is 24.3 Å². The molecule has 1 aromatic carbocycles. The van der Waals surface area contributed by atoms with Crippen LogP contribution in [0.4, 0.5) is 11.6 Å². The number of hydrogen-bond donors (Lipinski definition) is 1. The molecule has 0 atom stereocenters. The number of carbonyl (C=O) groups is 1. The molecular weight excluding hydrogens is 416 g/mol. The first kappa shape index (κ1) is 18.8. The fourth-order valence-electron chi connectivity index (χ4n) is 2.57. The number of halogens is 1. The van der Waals surface area contributed by atoms with Gasteiger partial charge in [-0.05, 0) is 24.3 Å². The van der Waals surface area contributed by atoms with Crippen molar-refractivity contribution >= 4 is 44.2 Å². The summed E-state index contributed by atoms with van der Waals surface area (Å²) in [5, 5.41) is 12.0. The normalized spacial score (nSPS) is 10.8. The number of carbonyl (C=O) groups excluding carboxylic acids is 1. The SMILES string of the molecule is CN(C)c1nn(CC(=O)Nc2ccc(=O)n(C)n2)c(=O)c2ccc(Br)cc12. The lowest BCUT2D eigenvalue weighted by Gasteiger charge is -2.16. The smallest absolute Gasteiger partial charge is 0.275 e. The number of aromatic nitrogens is 4. The van der Waals surface area contributed by atoms with E-state index in [1.165, 1.54) is 19.2 Å². The molecule has 27 heavy (non-hydrogen) atoms. The maximum atomic E-state index is 12.7. The third-order valence-electron chi connectivity index (χ3n) is 3.85. The third kappa shape index (κ3) is 3.90. The van der Waals surface area contributed by atoms with Crippen LogP contribution in [0.5, 0.6) is 0 Å². The minimum Gasteiger partial charge on any atom is -0.361 e. The van der Waals surface area contributed by atoms with E-state index in [0.717, 1.165) is 13.8 Å². The van der Waals surface area contributed by atoms with E-state index in [-0.39, 0.29) is 23.5 Å². The number of anilines is 2. The maximum absolute atomic E-state index is 12.7. The minimum absolute atomic E-state index is 0.215. The molecule has 3 aromatic rings. The second kappa shape index (κ2) is 7.31. The molecule has 0 spiro atoms. The number of aryl methyl sites for hydroxylation is 1. The van der Waals surface area contributed by atoms with Gasteiger partial charge in [-0.3, -0.25) is 14.4 Å². The lowest BCUT2D eigenvalue weighted by atomic mass is 10.2. The van der Waals surface area contributed by atoms with Gasteiger partial charge in [0.2, 0.25) is 5.91 Å². The Morgan fingerprint density at radius 1 is 1.15 bits per heavy atom. The van der Waals surface area contributed by atoms with Gasteiger partial charge in [-0.15, -0.1) is 0 Å². The lowest BCUT2D eigenvalue weighted by molar-refractivity contribution is -0.117. The van der Waals surface area contributed by atoms with Crippen molar-refractivity contribution < 1.29 is 4.79 Å². The quantitative estimate of drug-likeness (QED) is 0.658. The minimum atomic E-state index is -0.475. The van der Waals surface area contributed by atoms with Gasteiger partial charge in [0, 0.05) is 37.1 Å². The first-order chi connectivity index (χ1) is 12.8. The Kier molecular flexibility index (Phi) is 5.08. The van der Waals surface area contributed by atoms with Gasteiger partial charge in [-0.2, -0.15) is 10.2 Å². The second-order valence-electron chi connectivity index (χ2n) is 6.10. The summed E-state index contributed by atoms with van der Waals surface area (Å²) in [5.41, 5.74) is -0.658. The van der Waals surface area contributed by atoms with E-state index in [9.17, 15) is 14.4 Å². The van der Waals surface area contributed by atoms with Crippen molar-refractivity contribution in [1.29, 1.82) is 0 Å². The standard InChI is InChI=1S/C17H17BrN6O3/c1-22(2)16-12-8-10(18)4-5-11(12)17(27)24(21-16)9-14(25)19-13-6-7-15(26)23(3)20-13/h4-8H,9H2,1-3H3,(H,19,20,25). The fraction of sp³-hybridized carbons (Fsp3) is 0.235. The van der Waals surface area contributed by atoms with Crippen LogP contribution in [0.25, 0.3) is 10.8 Å². The van der Waals surface area contributed by atoms with Crippen LogP contribution in [0.1, 0.15) is 0 Å². The average molecular weight is 433 g/mol. The highest BCUT2D eigenvalue weighted by Gasteiger charge is 2.15. The molecule has 3 rings (SSSR count). The van der Waals surface area contributed by atoms with E-state index in [0.29, 0.717) is 16.6 Å². The van der Waals surface area contributed by atoms with Crippen LogP contribution < -0.4 is 21.3 Å². The molecule has 0 radical (unpaired) electrons. The highest BCUT2D eigenvalue weighted by atomic mass is 79.9. The van der Waals surface area contributed by atoms with Crippen LogP contribution in [-0.2, 0) is 18.4 Å². The zero-order valence-electron chi connectivity index (χ0n) is 14.9. The Balaban J connectivity index is 1.96. The molecule has 10 heteroatoms. The van der Waals surface area contributed by atoms with Crippen LogP contribution in [0.2, 0.25) is 0 Å². The summed E-state index contributed by atoms with van der Waals surface area (Å²) in [7, 11) is 5.10. The fourth-order valence-corrected chi connectivity index (χ4v) is 2.93. The molecule has 0 saturated heterocycles. The van der Waals surface area contributed by atoms with Crippen LogP contribution >= 0.6 is 15.9 Å². The Morgan fingerprint density at radius 3 is 2.56 bits per heavy atom. The van der Waals surface area contributed by atoms with E-state index in [1.54, 1.807) is 17.0 Å². The number of fused-ring (bicyclic) bond motifs is 1. The molecule has 0 aliphatic heterocycles. The van der Waals surface area contributed by atoms with Crippen molar-refractivity contribution in [1.82, 2.24) is 19.6 Å². The van der Waals surface area contributed by atoms with Gasteiger partial charge in [0.1, 0.15) is 6.54 Å². The van der Waals surface area contributed by atoms with Gasteiger partial charge in [0.05, 0.1) is 5.39 Å². The van der Waals surface area contributed by atoms with E-state index >= 15 is 0 Å². The lowest BCUT2D eigenvalue weighted by Crippen LogP contribution is -2.32. The number of amides is 1. The van der Waals surface area contributed by atoms with Crippen LogP contribution in [-0.4, -0.2) is 39.6 Å².